The molecule has 0 bridgehead atoms. The summed E-state index contributed by atoms with van der Waals surface area (Å²) in [4.78, 5) is 24.9. The Balaban J connectivity index is 2.06. The highest BCUT2D eigenvalue weighted by molar-refractivity contribution is 5.93. The highest BCUT2D eigenvalue weighted by Crippen LogP contribution is 2.13. The van der Waals surface area contributed by atoms with Crippen molar-refractivity contribution in [3.05, 3.63) is 18.1 Å². The molecule has 0 saturated carbocycles. The van der Waals surface area contributed by atoms with Crippen molar-refractivity contribution in [3.8, 4) is 0 Å². The van der Waals surface area contributed by atoms with Crippen LogP contribution in [0.15, 0.2) is 12.4 Å². The highest BCUT2D eigenvalue weighted by atomic mass is 16.1. The van der Waals surface area contributed by atoms with Gasteiger partial charge in [0.15, 0.2) is 0 Å². The molecule has 1 aliphatic rings. The van der Waals surface area contributed by atoms with Crippen LogP contribution >= 0.6 is 0 Å². The quantitative estimate of drug-likeness (QED) is 0.880. The van der Waals surface area contributed by atoms with Crippen molar-refractivity contribution in [2.24, 2.45) is 0 Å². The molecular formula is C14H23N5O. The summed E-state index contributed by atoms with van der Waals surface area (Å²) < 4.78 is 0. The van der Waals surface area contributed by atoms with E-state index < -0.39 is 0 Å². The molecule has 6 heteroatoms. The summed E-state index contributed by atoms with van der Waals surface area (Å²) in [5, 5.41) is 2.93. The minimum Gasteiger partial charge on any atom is -0.354 e. The van der Waals surface area contributed by atoms with Gasteiger partial charge in [0.05, 0.1) is 0 Å². The van der Waals surface area contributed by atoms with E-state index in [-0.39, 0.29) is 11.9 Å². The first-order valence-electron chi connectivity index (χ1n) is 7.16. The number of hydrogen-bond donors (Lipinski definition) is 1. The molecule has 0 spiro atoms. The third-order valence-electron chi connectivity index (χ3n) is 3.70. The van der Waals surface area contributed by atoms with Crippen molar-refractivity contribution >= 4 is 11.7 Å². The van der Waals surface area contributed by atoms with Crippen molar-refractivity contribution in [3.63, 3.8) is 0 Å². The lowest BCUT2D eigenvalue weighted by Crippen LogP contribution is -2.45. The van der Waals surface area contributed by atoms with Crippen LogP contribution < -0.4 is 10.2 Å². The van der Waals surface area contributed by atoms with Crippen LogP contribution in [0.1, 0.15) is 30.8 Å². The Hall–Kier alpha value is -1.69. The second-order valence-electron chi connectivity index (χ2n) is 5.33. The summed E-state index contributed by atoms with van der Waals surface area (Å²) in [6, 6.07) is 1.94. The number of nitrogens with zero attached hydrogens (tertiary/aromatic N) is 4. The van der Waals surface area contributed by atoms with E-state index in [9.17, 15) is 4.79 Å². The first-order valence-corrected chi connectivity index (χ1v) is 7.16. The lowest BCUT2D eigenvalue weighted by molar-refractivity contribution is 0.0934. The zero-order chi connectivity index (χ0) is 14.5. The number of piperazine rings is 1. The van der Waals surface area contributed by atoms with E-state index in [0.29, 0.717) is 5.69 Å². The van der Waals surface area contributed by atoms with E-state index in [2.05, 4.69) is 32.1 Å². The zero-order valence-electron chi connectivity index (χ0n) is 12.5. The lowest BCUT2D eigenvalue weighted by Gasteiger charge is -2.33. The number of likely N-dealkylation sites (N-methyl/N-ethyl adjacent to an activating group) is 1. The van der Waals surface area contributed by atoms with Crippen LogP contribution in [-0.4, -0.2) is 60.0 Å². The number of anilines is 1. The molecule has 110 valence electrons. The molecule has 0 aliphatic carbocycles. The average molecular weight is 277 g/mol. The van der Waals surface area contributed by atoms with E-state index in [1.165, 1.54) is 6.33 Å². The Morgan fingerprint density at radius 3 is 2.70 bits per heavy atom. The van der Waals surface area contributed by atoms with E-state index in [1.54, 1.807) is 6.07 Å². The Bertz CT molecular complexity index is 457. The first-order chi connectivity index (χ1) is 9.60. The molecule has 1 N–H and O–H groups in total. The number of carbonyl (C=O) groups excluding carboxylic acids is 1. The van der Waals surface area contributed by atoms with Gasteiger partial charge in [-0.1, -0.05) is 6.92 Å². The largest absolute Gasteiger partial charge is 0.354 e. The average Bonchev–Trinajstić information content (AvgIpc) is 2.48. The SMILES string of the molecule is CCC(C)NC(=O)c1cc(N2CCN(C)CC2)ncn1. The Morgan fingerprint density at radius 1 is 1.35 bits per heavy atom. The van der Waals surface area contributed by atoms with Gasteiger partial charge in [0, 0.05) is 38.3 Å². The van der Waals surface area contributed by atoms with Gasteiger partial charge in [-0.05, 0) is 20.4 Å². The summed E-state index contributed by atoms with van der Waals surface area (Å²) in [6.07, 6.45) is 2.38. The topological polar surface area (TPSA) is 61.4 Å². The second-order valence-corrected chi connectivity index (χ2v) is 5.33. The van der Waals surface area contributed by atoms with Gasteiger partial charge >= 0.3 is 0 Å². The lowest BCUT2D eigenvalue weighted by atomic mass is 10.2. The Morgan fingerprint density at radius 2 is 2.05 bits per heavy atom. The van der Waals surface area contributed by atoms with Gasteiger partial charge in [0.25, 0.3) is 5.91 Å². The molecule has 6 nitrogen and oxygen atoms in total. The standard InChI is InChI=1S/C14H23N5O/c1-4-11(2)17-14(20)12-9-13(16-10-15-12)19-7-5-18(3)6-8-19/h9-11H,4-8H2,1-3H3,(H,17,20). The van der Waals surface area contributed by atoms with Crippen molar-refractivity contribution < 1.29 is 4.79 Å². The van der Waals surface area contributed by atoms with Crippen LogP contribution in [-0.2, 0) is 0 Å². The molecule has 2 heterocycles. The van der Waals surface area contributed by atoms with Gasteiger partial charge in [0.1, 0.15) is 17.8 Å². The van der Waals surface area contributed by atoms with Crippen molar-refractivity contribution in [1.82, 2.24) is 20.2 Å². The highest BCUT2D eigenvalue weighted by Gasteiger charge is 2.17. The van der Waals surface area contributed by atoms with Crippen molar-refractivity contribution in [1.29, 1.82) is 0 Å². The third-order valence-corrected chi connectivity index (χ3v) is 3.70. The number of carbonyl (C=O) groups is 1. The molecule has 2 rings (SSSR count). The molecule has 0 radical (unpaired) electrons. The number of nitrogens with one attached hydrogen (secondary N) is 1. The first kappa shape index (κ1) is 14.7. The molecule has 1 aromatic heterocycles. The van der Waals surface area contributed by atoms with E-state index >= 15 is 0 Å². The molecular weight excluding hydrogens is 254 g/mol. The summed E-state index contributed by atoms with van der Waals surface area (Å²) >= 11 is 0. The normalized spacial score (nSPS) is 17.9. The molecule has 1 amide bonds. The predicted octanol–water partition coefficient (Wildman–Crippen LogP) is 0.757. The van der Waals surface area contributed by atoms with Gasteiger partial charge in [-0.15, -0.1) is 0 Å². The van der Waals surface area contributed by atoms with Crippen LogP contribution in [0.3, 0.4) is 0 Å². The third kappa shape index (κ3) is 3.66. The van der Waals surface area contributed by atoms with Gasteiger partial charge < -0.3 is 15.1 Å². The number of hydrogen-bond acceptors (Lipinski definition) is 5. The number of amides is 1. The number of rotatable bonds is 4. The maximum atomic E-state index is 12.1. The second kappa shape index (κ2) is 6.65. The van der Waals surface area contributed by atoms with Crippen LogP contribution in [0.5, 0.6) is 0 Å². The fraction of sp³-hybridized carbons (Fsp3) is 0.643. The van der Waals surface area contributed by atoms with Crippen molar-refractivity contribution in [2.45, 2.75) is 26.3 Å². The Kier molecular flexibility index (Phi) is 4.89. The smallest absolute Gasteiger partial charge is 0.270 e. The molecule has 0 aromatic carbocycles. The fourth-order valence-corrected chi connectivity index (χ4v) is 2.08. The number of aromatic nitrogens is 2. The molecule has 20 heavy (non-hydrogen) atoms. The molecule has 1 aliphatic heterocycles. The molecule has 1 atom stereocenters. The predicted molar refractivity (Wildman–Crippen MR) is 79.0 cm³/mol. The van der Waals surface area contributed by atoms with Gasteiger partial charge in [-0.3, -0.25) is 4.79 Å². The monoisotopic (exact) mass is 277 g/mol. The molecule has 1 unspecified atom stereocenters. The van der Waals surface area contributed by atoms with Crippen LogP contribution in [0.2, 0.25) is 0 Å². The minimum atomic E-state index is -0.128. The summed E-state index contributed by atoms with van der Waals surface area (Å²) in [5.74, 6) is 0.708. The van der Waals surface area contributed by atoms with E-state index in [4.69, 9.17) is 0 Å². The summed E-state index contributed by atoms with van der Waals surface area (Å²) in [5.41, 5.74) is 0.439. The fourth-order valence-electron chi connectivity index (χ4n) is 2.08. The minimum absolute atomic E-state index is 0.128. The van der Waals surface area contributed by atoms with Gasteiger partial charge in [-0.25, -0.2) is 9.97 Å². The van der Waals surface area contributed by atoms with Crippen LogP contribution in [0, 0.1) is 0 Å². The van der Waals surface area contributed by atoms with Crippen molar-refractivity contribution in [2.75, 3.05) is 38.1 Å². The van der Waals surface area contributed by atoms with Crippen LogP contribution in [0.25, 0.3) is 0 Å². The molecule has 1 aromatic rings. The van der Waals surface area contributed by atoms with Gasteiger partial charge in [-0.2, -0.15) is 0 Å². The molecule has 1 fully saturated rings. The summed E-state index contributed by atoms with van der Waals surface area (Å²) in [7, 11) is 2.11. The maximum Gasteiger partial charge on any atom is 0.270 e. The molecule has 1 saturated heterocycles. The zero-order valence-corrected chi connectivity index (χ0v) is 12.5. The van der Waals surface area contributed by atoms with E-state index in [0.717, 1.165) is 38.4 Å². The Labute approximate surface area is 120 Å². The summed E-state index contributed by atoms with van der Waals surface area (Å²) in [6.45, 7) is 7.91. The maximum absolute atomic E-state index is 12.1. The van der Waals surface area contributed by atoms with Gasteiger partial charge in [0.2, 0.25) is 0 Å². The van der Waals surface area contributed by atoms with E-state index in [1.807, 2.05) is 13.8 Å². The van der Waals surface area contributed by atoms with Crippen LogP contribution in [0.4, 0.5) is 5.82 Å².